The van der Waals surface area contributed by atoms with Gasteiger partial charge < -0.3 is 10.8 Å². The first-order valence-electron chi connectivity index (χ1n) is 13.0. The fourth-order valence-corrected chi connectivity index (χ4v) is 3.78. The Balaban J connectivity index is 0.000000483. The molecule has 1 aliphatic carbocycles. The number of aliphatic hydroxyl groups excluding tert-OH is 1. The van der Waals surface area contributed by atoms with E-state index in [4.69, 9.17) is 16.1 Å². The first-order valence-corrected chi connectivity index (χ1v) is 13.0. The summed E-state index contributed by atoms with van der Waals surface area (Å²) in [4.78, 5) is 0. The standard InChI is InChI=1S/C13H14.C11H22N2.C5H10.CH4O/c1-2-6-11-8-5-9-12-7-3-4-10-13(11)12;1-4-7-11(13,9-12)8-6-10(3)5-2;1-5-3-2-4-5;1-2/h3-5,7-10H,2,6H2,1H3;10H,4-8,13H2,1-3H3;5H,2-4H2,1H3;2H,1H3. The summed E-state index contributed by atoms with van der Waals surface area (Å²) in [7, 11) is 1.00. The molecule has 2 unspecified atom stereocenters. The molecule has 3 rings (SSSR count). The van der Waals surface area contributed by atoms with E-state index in [1.54, 1.807) is 0 Å². The van der Waals surface area contributed by atoms with Crippen molar-refractivity contribution < 1.29 is 5.11 Å². The third-order valence-corrected chi connectivity index (χ3v) is 6.49. The van der Waals surface area contributed by atoms with E-state index in [1.165, 1.54) is 54.9 Å². The lowest BCUT2D eigenvalue weighted by Gasteiger charge is -2.22. The monoisotopic (exact) mass is 454 g/mol. The van der Waals surface area contributed by atoms with Gasteiger partial charge in [0.2, 0.25) is 0 Å². The number of benzene rings is 2. The Hall–Kier alpha value is -1.89. The summed E-state index contributed by atoms with van der Waals surface area (Å²) < 4.78 is 0. The second-order valence-electron chi connectivity index (χ2n) is 9.49. The number of hydrogen-bond donors (Lipinski definition) is 2. The molecule has 0 amide bonds. The number of nitrogens with two attached hydrogens (primary N) is 1. The van der Waals surface area contributed by atoms with Crippen molar-refractivity contribution >= 4 is 10.8 Å². The Bertz CT molecular complexity index is 773. The molecule has 2 atom stereocenters. The van der Waals surface area contributed by atoms with Crippen molar-refractivity contribution in [2.45, 2.75) is 104 Å². The summed E-state index contributed by atoms with van der Waals surface area (Å²) in [6.07, 6.45) is 11.8. The maximum atomic E-state index is 8.93. The number of fused-ring (bicyclic) bond motifs is 1. The highest BCUT2D eigenvalue weighted by Crippen LogP contribution is 2.24. The smallest absolute Gasteiger partial charge is 0.104 e. The van der Waals surface area contributed by atoms with Crippen LogP contribution in [0.2, 0.25) is 0 Å². The van der Waals surface area contributed by atoms with Gasteiger partial charge in [-0.05, 0) is 53.9 Å². The van der Waals surface area contributed by atoms with Gasteiger partial charge in [0.15, 0.2) is 0 Å². The highest BCUT2D eigenvalue weighted by atomic mass is 16.2. The fourth-order valence-electron chi connectivity index (χ4n) is 3.78. The van der Waals surface area contributed by atoms with Crippen LogP contribution in [0, 0.1) is 23.2 Å². The van der Waals surface area contributed by atoms with E-state index in [2.05, 4.69) is 83.2 Å². The van der Waals surface area contributed by atoms with Crippen molar-refractivity contribution in [1.29, 1.82) is 5.26 Å². The molecule has 1 saturated carbocycles. The largest absolute Gasteiger partial charge is 0.400 e. The van der Waals surface area contributed by atoms with Gasteiger partial charge in [-0.3, -0.25) is 0 Å². The summed E-state index contributed by atoms with van der Waals surface area (Å²) in [5, 5.41) is 18.7. The van der Waals surface area contributed by atoms with E-state index in [-0.39, 0.29) is 0 Å². The molecule has 0 heterocycles. The minimum atomic E-state index is -0.571. The van der Waals surface area contributed by atoms with Crippen molar-refractivity contribution in [3.63, 3.8) is 0 Å². The molecule has 0 radical (unpaired) electrons. The minimum Gasteiger partial charge on any atom is -0.400 e. The van der Waals surface area contributed by atoms with Crippen LogP contribution >= 0.6 is 0 Å². The summed E-state index contributed by atoms with van der Waals surface area (Å²) in [5.41, 5.74) is 6.85. The van der Waals surface area contributed by atoms with Gasteiger partial charge in [0.05, 0.1) is 6.07 Å². The Morgan fingerprint density at radius 1 is 1.03 bits per heavy atom. The summed E-state index contributed by atoms with van der Waals surface area (Å²) >= 11 is 0. The van der Waals surface area contributed by atoms with Crippen LogP contribution in [0.15, 0.2) is 42.5 Å². The lowest BCUT2D eigenvalue weighted by Crippen LogP contribution is -2.38. The number of nitriles is 1. The number of hydrogen-bond acceptors (Lipinski definition) is 3. The van der Waals surface area contributed by atoms with E-state index >= 15 is 0 Å². The number of nitrogens with zero attached hydrogens (tertiary/aromatic N) is 1. The zero-order chi connectivity index (χ0) is 25.1. The molecule has 3 nitrogen and oxygen atoms in total. The molecular weight excluding hydrogens is 404 g/mol. The average Bonchev–Trinajstić information content (AvgIpc) is 2.84. The lowest BCUT2D eigenvalue weighted by atomic mass is 9.87. The van der Waals surface area contributed by atoms with Gasteiger partial charge in [0.1, 0.15) is 5.54 Å². The quantitative estimate of drug-likeness (QED) is 0.424. The topological polar surface area (TPSA) is 70.0 Å². The molecule has 33 heavy (non-hydrogen) atoms. The van der Waals surface area contributed by atoms with Crippen LogP contribution in [-0.2, 0) is 6.42 Å². The third-order valence-electron chi connectivity index (χ3n) is 6.49. The molecule has 1 aliphatic rings. The highest BCUT2D eigenvalue weighted by molar-refractivity contribution is 5.85. The molecule has 3 heteroatoms. The molecule has 0 bridgehead atoms. The van der Waals surface area contributed by atoms with Crippen molar-refractivity contribution in [1.82, 2.24) is 0 Å². The van der Waals surface area contributed by atoms with Crippen molar-refractivity contribution in [2.24, 2.45) is 17.6 Å². The molecule has 0 aromatic heterocycles. The SMILES string of the molecule is CC1CCC1.CCCC(N)(C#N)CCC(C)CC.CCCc1cccc2ccccc12.CO. The Labute approximate surface area is 204 Å². The molecule has 1 fully saturated rings. The third kappa shape index (κ3) is 12.8. The minimum absolute atomic E-state index is 0.571. The molecule has 0 saturated heterocycles. The fraction of sp³-hybridized carbons (Fsp3) is 0.633. The second kappa shape index (κ2) is 18.5. The Morgan fingerprint density at radius 3 is 2.12 bits per heavy atom. The van der Waals surface area contributed by atoms with E-state index in [1.807, 2.05) is 0 Å². The van der Waals surface area contributed by atoms with Gasteiger partial charge in [0.25, 0.3) is 0 Å². The van der Waals surface area contributed by atoms with Gasteiger partial charge in [-0.1, -0.05) is 116 Å². The molecule has 2 aromatic carbocycles. The predicted octanol–water partition coefficient (Wildman–Crippen LogP) is 8.04. The summed E-state index contributed by atoms with van der Waals surface area (Å²) in [6, 6.07) is 17.4. The molecule has 186 valence electrons. The zero-order valence-electron chi connectivity index (χ0n) is 22.2. The average molecular weight is 455 g/mol. The highest BCUT2D eigenvalue weighted by Gasteiger charge is 2.23. The normalized spacial score (nSPS) is 15.1. The zero-order valence-corrected chi connectivity index (χ0v) is 22.2. The number of rotatable bonds is 8. The summed E-state index contributed by atoms with van der Waals surface area (Å²) in [6.45, 7) is 11.0. The molecule has 3 N–H and O–H groups in total. The van der Waals surface area contributed by atoms with Crippen LogP contribution in [-0.4, -0.2) is 17.8 Å². The van der Waals surface area contributed by atoms with Crippen LogP contribution in [0.5, 0.6) is 0 Å². The van der Waals surface area contributed by atoms with Crippen LogP contribution in [0.1, 0.15) is 98.0 Å². The number of aryl methyl sites for hydroxylation is 1. The van der Waals surface area contributed by atoms with E-state index in [0.29, 0.717) is 5.92 Å². The van der Waals surface area contributed by atoms with Gasteiger partial charge >= 0.3 is 0 Å². The van der Waals surface area contributed by atoms with Gasteiger partial charge in [-0.2, -0.15) is 5.26 Å². The van der Waals surface area contributed by atoms with Crippen molar-refractivity contribution in [3.8, 4) is 6.07 Å². The molecule has 2 aromatic rings. The van der Waals surface area contributed by atoms with Crippen LogP contribution < -0.4 is 5.73 Å². The van der Waals surface area contributed by atoms with Gasteiger partial charge in [-0.15, -0.1) is 0 Å². The van der Waals surface area contributed by atoms with Crippen LogP contribution in [0.25, 0.3) is 10.8 Å². The first kappa shape index (κ1) is 31.1. The van der Waals surface area contributed by atoms with E-state index in [9.17, 15) is 0 Å². The molecule has 0 aliphatic heterocycles. The maximum absolute atomic E-state index is 8.93. The Morgan fingerprint density at radius 2 is 1.64 bits per heavy atom. The van der Waals surface area contributed by atoms with Crippen LogP contribution in [0.4, 0.5) is 0 Å². The lowest BCUT2D eigenvalue weighted by molar-refractivity contribution is 0.346. The molecular formula is C30H50N2O. The van der Waals surface area contributed by atoms with Gasteiger partial charge in [0, 0.05) is 7.11 Å². The summed E-state index contributed by atoms with van der Waals surface area (Å²) in [5.74, 6) is 1.75. The van der Waals surface area contributed by atoms with Crippen molar-refractivity contribution in [2.75, 3.05) is 7.11 Å². The van der Waals surface area contributed by atoms with Crippen LogP contribution in [0.3, 0.4) is 0 Å². The second-order valence-corrected chi connectivity index (χ2v) is 9.49. The van der Waals surface area contributed by atoms with E-state index < -0.39 is 5.54 Å². The molecule has 0 spiro atoms. The predicted molar refractivity (Wildman–Crippen MR) is 145 cm³/mol. The Kier molecular flexibility index (Phi) is 17.5. The number of aliphatic hydroxyl groups is 1. The van der Waals surface area contributed by atoms with E-state index in [0.717, 1.165) is 38.7 Å². The maximum Gasteiger partial charge on any atom is 0.104 e. The first-order chi connectivity index (χ1) is 15.9. The van der Waals surface area contributed by atoms with Crippen molar-refractivity contribution in [3.05, 3.63) is 48.0 Å². The van der Waals surface area contributed by atoms with Gasteiger partial charge in [-0.25, -0.2) is 0 Å².